The van der Waals surface area contributed by atoms with Crippen LogP contribution in [0.3, 0.4) is 0 Å². The average molecular weight is 584 g/mol. The topological polar surface area (TPSA) is 86.8 Å². The van der Waals surface area contributed by atoms with E-state index in [0.29, 0.717) is 41.7 Å². The van der Waals surface area contributed by atoms with Crippen LogP contribution in [0.5, 0.6) is 0 Å². The third-order valence-corrected chi connectivity index (χ3v) is 9.84. The van der Waals surface area contributed by atoms with Crippen molar-refractivity contribution in [2.75, 3.05) is 6.61 Å². The van der Waals surface area contributed by atoms with E-state index in [1.807, 2.05) is 25.3 Å². The summed E-state index contributed by atoms with van der Waals surface area (Å²) in [6.07, 6.45) is 11.2. The van der Waals surface area contributed by atoms with Gasteiger partial charge >= 0.3 is 5.97 Å². The van der Waals surface area contributed by atoms with Gasteiger partial charge in [-0.2, -0.15) is 0 Å². The molecule has 0 N–H and O–H groups in total. The molecule has 7 rings (SSSR count). The highest BCUT2D eigenvalue weighted by atomic mass is 32.1. The van der Waals surface area contributed by atoms with Crippen LogP contribution in [-0.2, 0) is 16.1 Å². The number of fused-ring (bicyclic) bond motifs is 1. The van der Waals surface area contributed by atoms with Crippen LogP contribution in [-0.4, -0.2) is 35.0 Å². The highest BCUT2D eigenvalue weighted by Crippen LogP contribution is 2.56. The van der Waals surface area contributed by atoms with E-state index in [9.17, 15) is 4.79 Å². The standard InChI is InChI=1S/C34H37N3O4S/c1-2-39-33(38)24-13-14-29-30(18-24)42-34(36-29)35-16-15-25(17-21-7-6-8-21)40-20-28-31(37-41-32(28)23-11-12-23)27-19-26(27)22-9-4-3-5-10-22/h3-5,9-10,13-14,16,18,21,23,25-27H,2,6-8,11-12,15,17,19-20H2,1H3/b35-16+. The number of carbonyl (C=O) groups is 1. The van der Waals surface area contributed by atoms with E-state index in [2.05, 4.69) is 40.5 Å². The lowest BCUT2D eigenvalue weighted by Crippen LogP contribution is -2.22. The van der Waals surface area contributed by atoms with Crippen molar-refractivity contribution in [2.45, 2.75) is 88.8 Å². The van der Waals surface area contributed by atoms with Gasteiger partial charge in [0, 0.05) is 30.0 Å². The zero-order valence-corrected chi connectivity index (χ0v) is 24.9. The Kier molecular flexibility index (Phi) is 7.91. The van der Waals surface area contributed by atoms with Gasteiger partial charge in [-0.3, -0.25) is 0 Å². The van der Waals surface area contributed by atoms with Crippen molar-refractivity contribution in [3.8, 4) is 0 Å². The molecule has 2 aromatic heterocycles. The zero-order chi connectivity index (χ0) is 28.5. The Morgan fingerprint density at radius 2 is 2.00 bits per heavy atom. The lowest BCUT2D eigenvalue weighted by molar-refractivity contribution is 0.0196. The Hall–Kier alpha value is -3.36. The molecule has 0 aliphatic heterocycles. The van der Waals surface area contributed by atoms with E-state index in [-0.39, 0.29) is 12.1 Å². The van der Waals surface area contributed by atoms with Gasteiger partial charge in [0.05, 0.1) is 40.8 Å². The van der Waals surface area contributed by atoms with Crippen LogP contribution < -0.4 is 0 Å². The molecule has 0 amide bonds. The maximum absolute atomic E-state index is 12.1. The number of ether oxygens (including phenoxy) is 2. The summed E-state index contributed by atoms with van der Waals surface area (Å²) in [5.74, 6) is 2.89. The largest absolute Gasteiger partial charge is 0.462 e. The molecule has 0 bridgehead atoms. The lowest BCUT2D eigenvalue weighted by atomic mass is 9.81. The van der Waals surface area contributed by atoms with Crippen molar-refractivity contribution < 1.29 is 18.8 Å². The van der Waals surface area contributed by atoms with Crippen molar-refractivity contribution >= 4 is 38.9 Å². The van der Waals surface area contributed by atoms with Crippen molar-refractivity contribution in [2.24, 2.45) is 10.9 Å². The minimum absolute atomic E-state index is 0.0859. The second-order valence-electron chi connectivity index (χ2n) is 12.0. The molecule has 3 fully saturated rings. The third-order valence-electron chi connectivity index (χ3n) is 8.91. The van der Waals surface area contributed by atoms with Crippen LogP contribution >= 0.6 is 11.3 Å². The molecule has 218 valence electrons. The summed E-state index contributed by atoms with van der Waals surface area (Å²) in [6, 6.07) is 16.2. The fourth-order valence-corrected chi connectivity index (χ4v) is 6.97. The first-order valence-corrected chi connectivity index (χ1v) is 16.2. The summed E-state index contributed by atoms with van der Waals surface area (Å²) >= 11 is 1.48. The second kappa shape index (κ2) is 12.1. The van der Waals surface area contributed by atoms with Gasteiger partial charge in [0.2, 0.25) is 5.13 Å². The monoisotopic (exact) mass is 583 g/mol. The molecule has 0 radical (unpaired) electrons. The maximum Gasteiger partial charge on any atom is 0.338 e. The van der Waals surface area contributed by atoms with E-state index >= 15 is 0 Å². The van der Waals surface area contributed by atoms with Crippen LogP contribution in [0, 0.1) is 5.92 Å². The highest BCUT2D eigenvalue weighted by Gasteiger charge is 2.45. The van der Waals surface area contributed by atoms with Crippen LogP contribution in [0.25, 0.3) is 10.2 Å². The fourth-order valence-electron chi connectivity index (χ4n) is 6.09. The van der Waals surface area contributed by atoms with E-state index in [1.165, 1.54) is 54.6 Å². The Morgan fingerprint density at radius 1 is 1.14 bits per heavy atom. The number of aliphatic imine (C=N–C) groups is 1. The molecule has 42 heavy (non-hydrogen) atoms. The van der Waals surface area contributed by atoms with Crippen molar-refractivity contribution in [1.82, 2.24) is 10.1 Å². The molecule has 2 heterocycles. The van der Waals surface area contributed by atoms with Gasteiger partial charge in [-0.05, 0) is 68.2 Å². The maximum atomic E-state index is 12.1. The Morgan fingerprint density at radius 3 is 2.76 bits per heavy atom. The van der Waals surface area contributed by atoms with Crippen LogP contribution in [0.1, 0.15) is 109 Å². The van der Waals surface area contributed by atoms with Gasteiger partial charge in [0.25, 0.3) is 0 Å². The number of benzene rings is 2. The Bertz CT molecular complexity index is 1570. The molecule has 2 aromatic carbocycles. The van der Waals surface area contributed by atoms with Crippen LogP contribution in [0.4, 0.5) is 5.13 Å². The Balaban J connectivity index is 1.04. The molecular weight excluding hydrogens is 546 g/mol. The number of hydrogen-bond acceptors (Lipinski definition) is 8. The quantitative estimate of drug-likeness (QED) is 0.116. The van der Waals surface area contributed by atoms with E-state index in [4.69, 9.17) is 19.0 Å². The second-order valence-corrected chi connectivity index (χ2v) is 13.0. The molecule has 7 nitrogen and oxygen atoms in total. The molecule has 3 aliphatic rings. The summed E-state index contributed by atoms with van der Waals surface area (Å²) < 4.78 is 18.7. The minimum Gasteiger partial charge on any atom is -0.462 e. The molecular formula is C34H37N3O4S. The normalized spacial score (nSPS) is 21.1. The molecule has 3 unspecified atom stereocenters. The highest BCUT2D eigenvalue weighted by molar-refractivity contribution is 7.22. The molecule has 4 aromatic rings. The summed E-state index contributed by atoms with van der Waals surface area (Å²) in [7, 11) is 0. The number of thiazole rings is 1. The fraction of sp³-hybridized carbons (Fsp3) is 0.471. The lowest BCUT2D eigenvalue weighted by Gasteiger charge is -2.29. The van der Waals surface area contributed by atoms with Crippen LogP contribution in [0.15, 0.2) is 58.0 Å². The van der Waals surface area contributed by atoms with Crippen LogP contribution in [0.2, 0.25) is 0 Å². The Labute approximate surface area is 250 Å². The summed E-state index contributed by atoms with van der Waals surface area (Å²) in [6.45, 7) is 2.71. The predicted octanol–water partition coefficient (Wildman–Crippen LogP) is 8.48. The predicted molar refractivity (Wildman–Crippen MR) is 164 cm³/mol. The molecule has 8 heteroatoms. The van der Waals surface area contributed by atoms with Gasteiger partial charge in [-0.15, -0.1) is 0 Å². The first-order chi connectivity index (χ1) is 20.7. The van der Waals surface area contributed by atoms with Gasteiger partial charge < -0.3 is 14.0 Å². The first kappa shape index (κ1) is 27.5. The van der Waals surface area contributed by atoms with Crippen molar-refractivity contribution in [3.63, 3.8) is 0 Å². The van der Waals surface area contributed by atoms with E-state index < -0.39 is 0 Å². The molecule has 0 saturated heterocycles. The van der Waals surface area contributed by atoms with Crippen molar-refractivity contribution in [3.05, 3.63) is 76.7 Å². The summed E-state index contributed by atoms with van der Waals surface area (Å²) in [5, 5.41) is 5.30. The summed E-state index contributed by atoms with van der Waals surface area (Å²) in [4.78, 5) is 21.5. The number of aromatic nitrogens is 2. The number of rotatable bonds is 13. The number of carbonyl (C=O) groups excluding carboxylic acids is 1. The smallest absolute Gasteiger partial charge is 0.338 e. The van der Waals surface area contributed by atoms with Gasteiger partial charge in [-0.1, -0.05) is 66.1 Å². The molecule has 0 spiro atoms. The van der Waals surface area contributed by atoms with E-state index in [1.54, 1.807) is 6.07 Å². The first-order valence-electron chi connectivity index (χ1n) is 15.4. The van der Waals surface area contributed by atoms with Crippen molar-refractivity contribution in [1.29, 1.82) is 0 Å². The van der Waals surface area contributed by atoms with Gasteiger partial charge in [-0.25, -0.2) is 14.8 Å². The number of hydrogen-bond donors (Lipinski definition) is 0. The number of esters is 1. The number of nitrogens with zero attached hydrogens (tertiary/aromatic N) is 3. The SMILES string of the molecule is CCOC(=O)c1ccc2nc(/N=C/CC(CC3CCC3)OCc3c(C4CC4c4ccccc4)noc3C3CC3)sc2c1. The van der Waals surface area contributed by atoms with Gasteiger partial charge in [0.1, 0.15) is 5.76 Å². The minimum atomic E-state index is -0.313. The zero-order valence-electron chi connectivity index (χ0n) is 24.0. The van der Waals surface area contributed by atoms with E-state index in [0.717, 1.165) is 46.9 Å². The third kappa shape index (κ3) is 6.06. The molecule has 3 atom stereocenters. The summed E-state index contributed by atoms with van der Waals surface area (Å²) in [5.41, 5.74) is 5.07. The average Bonchev–Trinajstić information content (AvgIpc) is 3.91. The molecule has 3 aliphatic carbocycles. The van der Waals surface area contributed by atoms with Gasteiger partial charge in [0.15, 0.2) is 0 Å². The molecule has 3 saturated carbocycles.